The van der Waals surface area contributed by atoms with Gasteiger partial charge >= 0.3 is 0 Å². The summed E-state index contributed by atoms with van der Waals surface area (Å²) >= 11 is 0. The number of likely N-dealkylation sites (tertiary alicyclic amines) is 2. The van der Waals surface area contributed by atoms with Crippen LogP contribution in [0.25, 0.3) is 0 Å². The largest absolute Gasteiger partial charge is 0.342 e. The second kappa shape index (κ2) is 7.82. The van der Waals surface area contributed by atoms with E-state index in [0.29, 0.717) is 43.9 Å². The molecule has 3 heterocycles. The lowest BCUT2D eigenvalue weighted by Gasteiger charge is -2.33. The van der Waals surface area contributed by atoms with Crippen molar-refractivity contribution in [2.75, 3.05) is 19.6 Å². The van der Waals surface area contributed by atoms with Gasteiger partial charge in [0.25, 0.3) is 0 Å². The third-order valence-corrected chi connectivity index (χ3v) is 7.37. The summed E-state index contributed by atoms with van der Waals surface area (Å²) in [4.78, 5) is 28.6. The Morgan fingerprint density at radius 3 is 2.39 bits per heavy atom. The van der Waals surface area contributed by atoms with Gasteiger partial charge in [-0.25, -0.2) is 13.1 Å². The fourth-order valence-corrected chi connectivity index (χ4v) is 5.76. The molecule has 2 aliphatic rings. The summed E-state index contributed by atoms with van der Waals surface area (Å²) in [6, 6.07) is -0.125. The van der Waals surface area contributed by atoms with E-state index in [1.165, 1.54) is 0 Å². The molecule has 156 valence electrons. The van der Waals surface area contributed by atoms with E-state index in [0.717, 1.165) is 0 Å². The maximum Gasteiger partial charge on any atom is 0.244 e. The van der Waals surface area contributed by atoms with Gasteiger partial charge in [0, 0.05) is 38.1 Å². The van der Waals surface area contributed by atoms with Gasteiger partial charge in [0.15, 0.2) is 0 Å². The highest BCUT2D eigenvalue weighted by atomic mass is 32.2. The number of hydrogen-bond acceptors (Lipinski definition) is 5. The van der Waals surface area contributed by atoms with Crippen molar-refractivity contribution in [2.45, 2.75) is 63.9 Å². The van der Waals surface area contributed by atoms with Gasteiger partial charge in [0.2, 0.25) is 21.8 Å². The highest BCUT2D eigenvalue weighted by molar-refractivity contribution is 7.89. The number of hydrogen-bond donors (Lipinski definition) is 2. The van der Waals surface area contributed by atoms with E-state index in [1.807, 2.05) is 13.8 Å². The summed E-state index contributed by atoms with van der Waals surface area (Å²) in [5, 5.41) is 6.65. The molecule has 1 atom stereocenters. The number of nitrogens with one attached hydrogen (secondary N) is 2. The molecule has 2 saturated heterocycles. The third kappa shape index (κ3) is 4.07. The minimum absolute atomic E-state index is 0.000620. The molecule has 1 aromatic rings. The average Bonchev–Trinajstić information content (AvgIpc) is 3.17. The molecule has 1 aromatic heterocycles. The smallest absolute Gasteiger partial charge is 0.244 e. The van der Waals surface area contributed by atoms with E-state index < -0.39 is 10.0 Å². The first kappa shape index (κ1) is 20.8. The molecule has 0 spiro atoms. The number of rotatable bonds is 5. The minimum atomic E-state index is -3.65. The zero-order valence-electron chi connectivity index (χ0n) is 16.9. The van der Waals surface area contributed by atoms with Gasteiger partial charge < -0.3 is 9.80 Å². The van der Waals surface area contributed by atoms with Crippen molar-refractivity contribution in [3.05, 3.63) is 11.4 Å². The number of carbonyl (C=O) groups is 2. The predicted octanol–water partition coefficient (Wildman–Crippen LogP) is 0.553. The molecule has 0 radical (unpaired) electrons. The molecule has 2 amide bonds. The second-order valence-corrected chi connectivity index (χ2v) is 9.68. The zero-order chi connectivity index (χ0) is 20.6. The molecule has 1 unspecified atom stereocenters. The summed E-state index contributed by atoms with van der Waals surface area (Å²) in [6.07, 6.45) is 1.37. The number of aromatic amines is 1. The Kier molecular flexibility index (Phi) is 5.81. The lowest BCUT2D eigenvalue weighted by atomic mass is 10.0. The van der Waals surface area contributed by atoms with Crippen molar-refractivity contribution >= 4 is 21.8 Å². The van der Waals surface area contributed by atoms with E-state index in [-0.39, 0.29) is 41.1 Å². The van der Waals surface area contributed by atoms with Crippen LogP contribution in [-0.2, 0) is 19.6 Å². The van der Waals surface area contributed by atoms with E-state index in [2.05, 4.69) is 14.9 Å². The Balaban J connectivity index is 1.56. The Labute approximate surface area is 165 Å². The first-order chi connectivity index (χ1) is 13.1. The maximum atomic E-state index is 12.8. The minimum Gasteiger partial charge on any atom is -0.342 e. The number of amides is 2. The summed E-state index contributed by atoms with van der Waals surface area (Å²) in [6.45, 7) is 8.68. The molecule has 28 heavy (non-hydrogen) atoms. The number of piperidine rings is 1. The van der Waals surface area contributed by atoms with Crippen molar-refractivity contribution in [3.63, 3.8) is 0 Å². The van der Waals surface area contributed by atoms with Crippen molar-refractivity contribution < 1.29 is 18.0 Å². The quantitative estimate of drug-likeness (QED) is 0.734. The number of carbonyl (C=O) groups excluding carboxylic acids is 2. The summed E-state index contributed by atoms with van der Waals surface area (Å²) in [5.74, 6) is -0.263. The molecule has 0 aliphatic carbocycles. The number of H-pyrrole nitrogens is 1. The molecule has 2 N–H and O–H groups in total. The van der Waals surface area contributed by atoms with Crippen LogP contribution >= 0.6 is 0 Å². The molecule has 2 fully saturated rings. The van der Waals surface area contributed by atoms with Gasteiger partial charge in [-0.05, 0) is 40.5 Å². The summed E-state index contributed by atoms with van der Waals surface area (Å²) < 4.78 is 28.1. The van der Waals surface area contributed by atoms with Crippen LogP contribution in [0.2, 0.25) is 0 Å². The van der Waals surface area contributed by atoms with Gasteiger partial charge in [-0.3, -0.25) is 14.7 Å². The van der Waals surface area contributed by atoms with Gasteiger partial charge in [-0.2, -0.15) is 5.10 Å². The van der Waals surface area contributed by atoms with Crippen LogP contribution < -0.4 is 4.72 Å². The number of aromatic nitrogens is 2. The second-order valence-electron chi connectivity index (χ2n) is 8.02. The van der Waals surface area contributed by atoms with Gasteiger partial charge in [-0.1, -0.05) is 0 Å². The zero-order valence-corrected chi connectivity index (χ0v) is 17.7. The number of sulfonamides is 1. The molecule has 0 aromatic carbocycles. The normalized spacial score (nSPS) is 21.8. The predicted molar refractivity (Wildman–Crippen MR) is 103 cm³/mol. The van der Waals surface area contributed by atoms with Crippen LogP contribution in [0.1, 0.15) is 44.5 Å². The Bertz CT molecular complexity index is 836. The first-order valence-electron chi connectivity index (χ1n) is 9.72. The standard InChI is InChI=1S/C18H29N5O4S/c1-11(2)23-10-14(9-16(23)24)18(25)22-7-5-15(6-8-22)21-28(26,27)17-12(3)19-20-13(17)4/h11,14-15,21H,5-10H2,1-4H3,(H,19,20). The average molecular weight is 412 g/mol. The van der Waals surface area contributed by atoms with Crippen LogP contribution in [0.15, 0.2) is 4.90 Å². The maximum absolute atomic E-state index is 12.8. The molecular formula is C18H29N5O4S. The van der Waals surface area contributed by atoms with E-state index in [1.54, 1.807) is 23.6 Å². The van der Waals surface area contributed by atoms with Gasteiger partial charge in [0.1, 0.15) is 4.90 Å². The fraction of sp³-hybridized carbons (Fsp3) is 0.722. The highest BCUT2D eigenvalue weighted by Crippen LogP contribution is 2.24. The van der Waals surface area contributed by atoms with Crippen LogP contribution in [0.5, 0.6) is 0 Å². The molecule has 3 rings (SSSR count). The van der Waals surface area contributed by atoms with Crippen molar-refractivity contribution in [1.82, 2.24) is 24.7 Å². The molecule has 0 saturated carbocycles. The Hall–Kier alpha value is -1.94. The number of aryl methyl sites for hydroxylation is 2. The van der Waals surface area contributed by atoms with E-state index >= 15 is 0 Å². The lowest BCUT2D eigenvalue weighted by Crippen LogP contribution is -2.48. The van der Waals surface area contributed by atoms with Crippen molar-refractivity contribution in [2.24, 2.45) is 5.92 Å². The Morgan fingerprint density at radius 2 is 1.89 bits per heavy atom. The Morgan fingerprint density at radius 1 is 1.25 bits per heavy atom. The SMILES string of the molecule is Cc1n[nH]c(C)c1S(=O)(=O)NC1CCN(C(=O)C2CC(=O)N(C(C)C)C2)CC1. The van der Waals surface area contributed by atoms with Crippen LogP contribution in [0.4, 0.5) is 0 Å². The highest BCUT2D eigenvalue weighted by Gasteiger charge is 2.38. The van der Waals surface area contributed by atoms with Crippen LogP contribution in [0, 0.1) is 19.8 Å². The molecular weight excluding hydrogens is 382 g/mol. The molecule has 9 nitrogen and oxygen atoms in total. The topological polar surface area (TPSA) is 115 Å². The molecule has 10 heteroatoms. The van der Waals surface area contributed by atoms with E-state index in [9.17, 15) is 18.0 Å². The third-order valence-electron chi connectivity index (χ3n) is 5.59. The van der Waals surface area contributed by atoms with Gasteiger partial charge in [0.05, 0.1) is 17.3 Å². The molecule has 0 bridgehead atoms. The van der Waals surface area contributed by atoms with Crippen LogP contribution in [0.3, 0.4) is 0 Å². The summed E-state index contributed by atoms with van der Waals surface area (Å²) in [5.41, 5.74) is 0.955. The van der Waals surface area contributed by atoms with Crippen LogP contribution in [-0.4, -0.2) is 71.9 Å². The van der Waals surface area contributed by atoms with Gasteiger partial charge in [-0.15, -0.1) is 0 Å². The van der Waals surface area contributed by atoms with Crippen molar-refractivity contribution in [3.8, 4) is 0 Å². The van der Waals surface area contributed by atoms with E-state index in [4.69, 9.17) is 0 Å². The first-order valence-corrected chi connectivity index (χ1v) is 11.2. The summed E-state index contributed by atoms with van der Waals surface area (Å²) in [7, 11) is -3.65. The lowest BCUT2D eigenvalue weighted by molar-refractivity contribution is -0.136. The molecule has 2 aliphatic heterocycles. The monoisotopic (exact) mass is 411 g/mol. The fourth-order valence-electron chi connectivity index (χ4n) is 4.09. The number of nitrogens with zero attached hydrogens (tertiary/aromatic N) is 3. The van der Waals surface area contributed by atoms with Crippen molar-refractivity contribution in [1.29, 1.82) is 0 Å².